The van der Waals surface area contributed by atoms with Crippen LogP contribution < -0.4 is 5.32 Å². The van der Waals surface area contributed by atoms with Crippen molar-refractivity contribution in [1.82, 2.24) is 10.2 Å². The Morgan fingerprint density at radius 1 is 1.11 bits per heavy atom. The molecule has 3 amide bonds. The highest BCUT2D eigenvalue weighted by Crippen LogP contribution is 2.02. The molecular weight excluding hydrogens is 252 g/mol. The molecule has 0 aromatic carbocycles. The number of urea groups is 1. The fourth-order valence-corrected chi connectivity index (χ4v) is 1.77. The molecule has 2 N–H and O–H groups in total. The third-order valence-corrected chi connectivity index (χ3v) is 2.80. The fraction of sp³-hybridized carbons (Fsp3) is 0.750. The Hall–Kier alpha value is -1.63. The number of carboxylic acids is 1. The lowest BCUT2D eigenvalue weighted by Gasteiger charge is -2.19. The second-order valence-corrected chi connectivity index (χ2v) is 4.41. The molecule has 0 aromatic rings. The first-order valence-electron chi connectivity index (χ1n) is 6.48. The van der Waals surface area contributed by atoms with Crippen LogP contribution in [-0.4, -0.2) is 54.2 Å². The number of hydrogen-bond donors (Lipinski definition) is 2. The fourth-order valence-electron chi connectivity index (χ4n) is 1.77. The highest BCUT2D eigenvalue weighted by Gasteiger charge is 2.17. The number of amides is 3. The number of unbranched alkanes of at least 4 members (excludes halogenated alkanes) is 1. The van der Waals surface area contributed by atoms with E-state index in [2.05, 4.69) is 5.32 Å². The molecular formula is C12H20N2O5. The summed E-state index contributed by atoms with van der Waals surface area (Å²) < 4.78 is 5.22. The summed E-state index contributed by atoms with van der Waals surface area (Å²) in [7, 11) is 0. The number of nitrogens with one attached hydrogen (secondary N) is 1. The van der Waals surface area contributed by atoms with Crippen molar-refractivity contribution in [3.05, 3.63) is 0 Å². The smallest absolute Gasteiger partial charge is 0.324 e. The Balaban J connectivity index is 2.19. The Kier molecular flexibility index (Phi) is 6.88. The summed E-state index contributed by atoms with van der Waals surface area (Å²) in [5.74, 6) is -1.23. The third-order valence-electron chi connectivity index (χ3n) is 2.80. The average molecular weight is 272 g/mol. The number of ether oxygens (including phenoxy) is 1. The molecule has 1 rings (SSSR count). The highest BCUT2D eigenvalue weighted by atomic mass is 16.5. The van der Waals surface area contributed by atoms with Gasteiger partial charge in [-0.25, -0.2) is 4.79 Å². The van der Waals surface area contributed by atoms with Gasteiger partial charge in [-0.05, 0) is 19.3 Å². The van der Waals surface area contributed by atoms with Gasteiger partial charge in [-0.15, -0.1) is 0 Å². The van der Waals surface area contributed by atoms with E-state index < -0.39 is 12.0 Å². The van der Waals surface area contributed by atoms with Crippen LogP contribution in [0.1, 0.15) is 32.1 Å². The molecule has 0 aliphatic carbocycles. The molecule has 0 spiro atoms. The Morgan fingerprint density at radius 3 is 2.58 bits per heavy atom. The molecule has 1 saturated heterocycles. The van der Waals surface area contributed by atoms with E-state index in [-0.39, 0.29) is 18.7 Å². The molecule has 0 radical (unpaired) electrons. The summed E-state index contributed by atoms with van der Waals surface area (Å²) in [6.07, 6.45) is 1.89. The van der Waals surface area contributed by atoms with E-state index in [1.807, 2.05) is 0 Å². The van der Waals surface area contributed by atoms with Crippen LogP contribution in [0.3, 0.4) is 0 Å². The van der Waals surface area contributed by atoms with Crippen LogP contribution in [0.5, 0.6) is 0 Å². The summed E-state index contributed by atoms with van der Waals surface area (Å²) in [6.45, 7) is 2.18. The molecule has 1 aliphatic heterocycles. The summed E-state index contributed by atoms with van der Waals surface area (Å²) in [6, 6.07) is -0.395. The standard InChI is InChI=1S/C12H20N2O5/c15-10(4-1-2-5-11(16)17)13-12(18)14-6-3-8-19-9-7-14/h1-9H2,(H,16,17)(H,13,15,18). The summed E-state index contributed by atoms with van der Waals surface area (Å²) in [5, 5.41) is 10.8. The number of imide groups is 1. The minimum atomic E-state index is -0.874. The summed E-state index contributed by atoms with van der Waals surface area (Å²) >= 11 is 0. The predicted molar refractivity (Wildman–Crippen MR) is 66.7 cm³/mol. The molecule has 0 bridgehead atoms. The lowest BCUT2D eigenvalue weighted by Crippen LogP contribution is -2.43. The topological polar surface area (TPSA) is 95.9 Å². The van der Waals surface area contributed by atoms with E-state index in [0.29, 0.717) is 39.1 Å². The second kappa shape index (κ2) is 8.47. The van der Waals surface area contributed by atoms with Crippen LogP contribution in [0, 0.1) is 0 Å². The van der Waals surface area contributed by atoms with E-state index in [4.69, 9.17) is 9.84 Å². The van der Waals surface area contributed by atoms with Gasteiger partial charge in [0.1, 0.15) is 0 Å². The van der Waals surface area contributed by atoms with Gasteiger partial charge in [-0.1, -0.05) is 0 Å². The molecule has 1 aliphatic rings. The number of aliphatic carboxylic acids is 1. The molecule has 0 saturated carbocycles. The number of rotatable bonds is 5. The largest absolute Gasteiger partial charge is 0.481 e. The first-order chi connectivity index (χ1) is 9.09. The van der Waals surface area contributed by atoms with Crippen molar-refractivity contribution >= 4 is 17.9 Å². The summed E-state index contributed by atoms with van der Waals surface area (Å²) in [5.41, 5.74) is 0. The second-order valence-electron chi connectivity index (χ2n) is 4.41. The zero-order chi connectivity index (χ0) is 14.1. The van der Waals surface area contributed by atoms with E-state index in [1.54, 1.807) is 4.90 Å². The number of carboxylic acid groups (broad SMARTS) is 1. The van der Waals surface area contributed by atoms with E-state index >= 15 is 0 Å². The highest BCUT2D eigenvalue weighted by molar-refractivity contribution is 5.94. The minimum Gasteiger partial charge on any atom is -0.481 e. The normalized spacial score (nSPS) is 15.7. The molecule has 0 atom stereocenters. The quantitative estimate of drug-likeness (QED) is 0.714. The molecule has 19 heavy (non-hydrogen) atoms. The molecule has 7 nitrogen and oxygen atoms in total. The molecule has 7 heteroatoms. The van der Waals surface area contributed by atoms with Crippen LogP contribution in [0.15, 0.2) is 0 Å². The number of nitrogens with zero attached hydrogens (tertiary/aromatic N) is 1. The lowest BCUT2D eigenvalue weighted by molar-refractivity contribution is -0.137. The van der Waals surface area contributed by atoms with Crippen LogP contribution in [-0.2, 0) is 14.3 Å². The van der Waals surface area contributed by atoms with Crippen molar-refractivity contribution in [3.63, 3.8) is 0 Å². The minimum absolute atomic E-state index is 0.0463. The first-order valence-corrected chi connectivity index (χ1v) is 6.48. The van der Waals surface area contributed by atoms with Gasteiger partial charge in [-0.3, -0.25) is 14.9 Å². The number of carbonyl (C=O) groups is 3. The monoisotopic (exact) mass is 272 g/mol. The number of hydrogen-bond acceptors (Lipinski definition) is 4. The Labute approximate surface area is 111 Å². The first kappa shape index (κ1) is 15.4. The number of carbonyl (C=O) groups excluding carboxylic acids is 2. The van der Waals surface area contributed by atoms with Gasteiger partial charge in [0.15, 0.2) is 0 Å². The predicted octanol–water partition coefficient (Wildman–Crippen LogP) is 0.590. The van der Waals surface area contributed by atoms with Crippen molar-refractivity contribution in [2.75, 3.05) is 26.3 Å². The maximum Gasteiger partial charge on any atom is 0.324 e. The van der Waals surface area contributed by atoms with Crippen molar-refractivity contribution in [2.45, 2.75) is 32.1 Å². The molecule has 108 valence electrons. The lowest BCUT2D eigenvalue weighted by atomic mass is 10.2. The van der Waals surface area contributed by atoms with Gasteiger partial charge in [0.25, 0.3) is 0 Å². The van der Waals surface area contributed by atoms with Crippen molar-refractivity contribution in [2.24, 2.45) is 0 Å². The zero-order valence-corrected chi connectivity index (χ0v) is 10.9. The maximum atomic E-state index is 11.7. The molecule has 0 aromatic heterocycles. The van der Waals surface area contributed by atoms with Crippen LogP contribution in [0.2, 0.25) is 0 Å². The molecule has 1 fully saturated rings. The zero-order valence-electron chi connectivity index (χ0n) is 10.9. The van der Waals surface area contributed by atoms with E-state index in [0.717, 1.165) is 6.42 Å². The van der Waals surface area contributed by atoms with Gasteiger partial charge in [0, 0.05) is 32.5 Å². The van der Waals surface area contributed by atoms with Gasteiger partial charge < -0.3 is 14.7 Å². The van der Waals surface area contributed by atoms with Gasteiger partial charge in [0.05, 0.1) is 6.61 Å². The van der Waals surface area contributed by atoms with Crippen LogP contribution in [0.4, 0.5) is 4.79 Å². The van der Waals surface area contributed by atoms with E-state index in [1.165, 1.54) is 0 Å². The maximum absolute atomic E-state index is 11.7. The van der Waals surface area contributed by atoms with Gasteiger partial charge >= 0.3 is 12.0 Å². The van der Waals surface area contributed by atoms with Crippen LogP contribution >= 0.6 is 0 Å². The van der Waals surface area contributed by atoms with Crippen LogP contribution in [0.25, 0.3) is 0 Å². The van der Waals surface area contributed by atoms with Gasteiger partial charge in [-0.2, -0.15) is 0 Å². The van der Waals surface area contributed by atoms with Crippen molar-refractivity contribution in [1.29, 1.82) is 0 Å². The Bertz CT molecular complexity index is 324. The SMILES string of the molecule is O=C(O)CCCCC(=O)NC(=O)N1CCCOCC1. The van der Waals surface area contributed by atoms with Crippen molar-refractivity contribution < 1.29 is 24.2 Å². The Morgan fingerprint density at radius 2 is 1.84 bits per heavy atom. The molecule has 1 heterocycles. The average Bonchev–Trinajstić information content (AvgIpc) is 2.63. The third kappa shape index (κ3) is 6.76. The van der Waals surface area contributed by atoms with Gasteiger partial charge in [0.2, 0.25) is 5.91 Å². The van der Waals surface area contributed by atoms with E-state index in [9.17, 15) is 14.4 Å². The van der Waals surface area contributed by atoms with Crippen molar-refractivity contribution in [3.8, 4) is 0 Å². The molecule has 0 unspecified atom stereocenters. The summed E-state index contributed by atoms with van der Waals surface area (Å²) in [4.78, 5) is 35.1.